The molecule has 0 aromatic heterocycles. The highest BCUT2D eigenvalue weighted by Gasteiger charge is 2.18. The summed E-state index contributed by atoms with van der Waals surface area (Å²) in [5, 5.41) is 5.16. The number of anilines is 1. The predicted molar refractivity (Wildman–Crippen MR) is 107 cm³/mol. The van der Waals surface area contributed by atoms with E-state index in [0.717, 1.165) is 0 Å². The van der Waals surface area contributed by atoms with Crippen LogP contribution in [0, 0.1) is 5.92 Å². The molecule has 0 saturated carbocycles. The third-order valence-corrected chi connectivity index (χ3v) is 3.65. The Morgan fingerprint density at radius 3 is 2.37 bits per heavy atom. The van der Waals surface area contributed by atoms with Crippen molar-refractivity contribution in [3.63, 3.8) is 0 Å². The zero-order chi connectivity index (χ0) is 19.9. The average molecular weight is 401 g/mol. The van der Waals surface area contributed by atoms with E-state index < -0.39 is 17.9 Å². The summed E-state index contributed by atoms with van der Waals surface area (Å²) < 4.78 is 5.48. The minimum Gasteiger partial charge on any atom is -0.492 e. The van der Waals surface area contributed by atoms with Gasteiger partial charge in [0.25, 0.3) is 5.91 Å². The van der Waals surface area contributed by atoms with Crippen molar-refractivity contribution in [3.8, 4) is 5.75 Å². The normalized spacial score (nSPS) is 11.2. The molecule has 152 valence electrons. The first-order valence-corrected chi connectivity index (χ1v) is 8.49. The van der Waals surface area contributed by atoms with Gasteiger partial charge >= 0.3 is 0 Å². The fourth-order valence-electron chi connectivity index (χ4n) is 2.08. The monoisotopic (exact) mass is 400 g/mol. The molecule has 0 spiro atoms. The standard InChI is InChI=1S/C18H28N4O4.ClH/c1-6-26-14-8-7-12(18(25)22(4)5)9-13(14)21-15(23)10-20-17(24)16(19)11(2)3;/h7-9,11,16H,6,10,19H2,1-5H3,(H,20,24)(H,21,23);1H/t16-;/m0./s1. The molecule has 4 N–H and O–H groups in total. The molecule has 8 nitrogen and oxygen atoms in total. The highest BCUT2D eigenvalue weighted by Crippen LogP contribution is 2.26. The van der Waals surface area contributed by atoms with E-state index in [9.17, 15) is 14.4 Å². The van der Waals surface area contributed by atoms with Crippen molar-refractivity contribution in [2.45, 2.75) is 26.8 Å². The van der Waals surface area contributed by atoms with Crippen LogP contribution in [0.15, 0.2) is 18.2 Å². The second-order valence-electron chi connectivity index (χ2n) is 6.38. The van der Waals surface area contributed by atoms with Gasteiger partial charge in [0.1, 0.15) is 5.75 Å². The van der Waals surface area contributed by atoms with E-state index in [1.54, 1.807) is 32.3 Å². The van der Waals surface area contributed by atoms with Gasteiger partial charge in [-0.3, -0.25) is 14.4 Å². The van der Waals surface area contributed by atoms with Crippen molar-refractivity contribution in [1.82, 2.24) is 10.2 Å². The van der Waals surface area contributed by atoms with Gasteiger partial charge in [-0.1, -0.05) is 13.8 Å². The summed E-state index contributed by atoms with van der Waals surface area (Å²) in [5.41, 5.74) is 6.52. The topological polar surface area (TPSA) is 114 Å². The molecule has 3 amide bonds. The number of hydrogen-bond donors (Lipinski definition) is 3. The van der Waals surface area contributed by atoms with E-state index in [4.69, 9.17) is 10.5 Å². The maximum absolute atomic E-state index is 12.2. The molecule has 9 heteroatoms. The number of amides is 3. The van der Waals surface area contributed by atoms with E-state index >= 15 is 0 Å². The number of ether oxygens (including phenoxy) is 1. The van der Waals surface area contributed by atoms with Gasteiger partial charge < -0.3 is 26.0 Å². The molecule has 0 aliphatic heterocycles. The number of benzene rings is 1. The fraction of sp³-hybridized carbons (Fsp3) is 0.500. The van der Waals surface area contributed by atoms with Crippen LogP contribution in [0.5, 0.6) is 5.75 Å². The van der Waals surface area contributed by atoms with Crippen molar-refractivity contribution in [3.05, 3.63) is 23.8 Å². The molecule has 27 heavy (non-hydrogen) atoms. The summed E-state index contributed by atoms with van der Waals surface area (Å²) in [7, 11) is 3.29. The number of halogens is 1. The molecule has 0 unspecified atom stereocenters. The van der Waals surface area contributed by atoms with Gasteiger partial charge in [0.2, 0.25) is 11.8 Å². The summed E-state index contributed by atoms with van der Waals surface area (Å²) in [4.78, 5) is 37.5. The van der Waals surface area contributed by atoms with Crippen molar-refractivity contribution in [2.75, 3.05) is 32.6 Å². The number of hydrogen-bond acceptors (Lipinski definition) is 5. The van der Waals surface area contributed by atoms with Gasteiger partial charge in [-0.15, -0.1) is 12.4 Å². The van der Waals surface area contributed by atoms with Crippen LogP contribution in [0.4, 0.5) is 5.69 Å². The molecule has 0 radical (unpaired) electrons. The highest BCUT2D eigenvalue weighted by atomic mass is 35.5. The maximum atomic E-state index is 12.2. The first-order valence-electron chi connectivity index (χ1n) is 8.49. The van der Waals surface area contributed by atoms with Gasteiger partial charge in [0.15, 0.2) is 0 Å². The molecule has 1 aromatic carbocycles. The van der Waals surface area contributed by atoms with E-state index in [2.05, 4.69) is 10.6 Å². The molecule has 0 saturated heterocycles. The lowest BCUT2D eigenvalue weighted by molar-refractivity contribution is -0.125. The Kier molecular flexibility index (Phi) is 10.4. The van der Waals surface area contributed by atoms with Gasteiger partial charge in [-0.2, -0.15) is 0 Å². The van der Waals surface area contributed by atoms with Gasteiger partial charge in [-0.05, 0) is 31.0 Å². The Morgan fingerprint density at radius 2 is 1.85 bits per heavy atom. The Bertz CT molecular complexity index is 665. The minimum absolute atomic E-state index is 0. The number of carbonyl (C=O) groups is 3. The predicted octanol–water partition coefficient (Wildman–Crippen LogP) is 1.25. The van der Waals surface area contributed by atoms with Crippen LogP contribution in [0.3, 0.4) is 0 Å². The zero-order valence-corrected chi connectivity index (χ0v) is 17.2. The van der Waals surface area contributed by atoms with Crippen molar-refractivity contribution < 1.29 is 19.1 Å². The molecule has 0 aliphatic rings. The van der Waals surface area contributed by atoms with Crippen LogP contribution in [-0.2, 0) is 9.59 Å². The highest BCUT2D eigenvalue weighted by molar-refractivity contribution is 5.99. The van der Waals surface area contributed by atoms with Crippen LogP contribution < -0.4 is 21.1 Å². The first-order chi connectivity index (χ1) is 12.2. The molecule has 0 heterocycles. The molecular formula is C18H29ClN4O4. The Hall–Kier alpha value is -2.32. The fourth-order valence-corrected chi connectivity index (χ4v) is 2.08. The Morgan fingerprint density at radius 1 is 1.22 bits per heavy atom. The van der Waals surface area contributed by atoms with Crippen molar-refractivity contribution in [2.24, 2.45) is 11.7 Å². The van der Waals surface area contributed by atoms with E-state index in [-0.39, 0.29) is 30.8 Å². The van der Waals surface area contributed by atoms with Crippen LogP contribution in [0.1, 0.15) is 31.1 Å². The van der Waals surface area contributed by atoms with E-state index in [1.165, 1.54) is 4.90 Å². The first kappa shape index (κ1) is 24.7. The van der Waals surface area contributed by atoms with Crippen molar-refractivity contribution >= 4 is 35.8 Å². The Balaban J connectivity index is 0.00000676. The lowest BCUT2D eigenvalue weighted by Gasteiger charge is -2.17. The minimum atomic E-state index is -0.678. The van der Waals surface area contributed by atoms with Gasteiger partial charge in [0, 0.05) is 19.7 Å². The number of carbonyl (C=O) groups excluding carboxylic acids is 3. The number of rotatable bonds is 8. The molecule has 0 aliphatic carbocycles. The average Bonchev–Trinajstić information content (AvgIpc) is 2.59. The molecule has 1 rings (SSSR count). The summed E-state index contributed by atoms with van der Waals surface area (Å²) in [6.07, 6.45) is 0. The Labute approximate surface area is 166 Å². The molecular weight excluding hydrogens is 372 g/mol. The second-order valence-corrected chi connectivity index (χ2v) is 6.38. The number of nitrogens with zero attached hydrogens (tertiary/aromatic N) is 1. The van der Waals surface area contributed by atoms with Crippen LogP contribution in [0.2, 0.25) is 0 Å². The third-order valence-electron chi connectivity index (χ3n) is 3.65. The quantitative estimate of drug-likeness (QED) is 0.607. The smallest absolute Gasteiger partial charge is 0.253 e. The number of nitrogens with two attached hydrogens (primary N) is 1. The number of nitrogens with one attached hydrogen (secondary N) is 2. The maximum Gasteiger partial charge on any atom is 0.253 e. The molecule has 0 bridgehead atoms. The van der Waals surface area contributed by atoms with Gasteiger partial charge in [0.05, 0.1) is 24.9 Å². The molecule has 1 aromatic rings. The second kappa shape index (κ2) is 11.4. The zero-order valence-electron chi connectivity index (χ0n) is 16.4. The van der Waals surface area contributed by atoms with Crippen LogP contribution >= 0.6 is 12.4 Å². The van der Waals surface area contributed by atoms with Crippen LogP contribution in [-0.4, -0.2) is 55.9 Å². The largest absolute Gasteiger partial charge is 0.492 e. The van der Waals surface area contributed by atoms with Crippen LogP contribution in [0.25, 0.3) is 0 Å². The third kappa shape index (κ3) is 7.44. The summed E-state index contributed by atoms with van der Waals surface area (Å²) >= 11 is 0. The summed E-state index contributed by atoms with van der Waals surface area (Å²) in [6, 6.07) is 4.13. The molecule has 0 fully saturated rings. The molecule has 1 atom stereocenters. The SMILES string of the molecule is CCOc1ccc(C(=O)N(C)C)cc1NC(=O)CNC(=O)[C@@H](N)C(C)C.Cl. The van der Waals surface area contributed by atoms with E-state index in [0.29, 0.717) is 23.6 Å². The van der Waals surface area contributed by atoms with Gasteiger partial charge in [-0.25, -0.2) is 0 Å². The lowest BCUT2D eigenvalue weighted by atomic mass is 10.1. The van der Waals surface area contributed by atoms with Crippen molar-refractivity contribution in [1.29, 1.82) is 0 Å². The lowest BCUT2D eigenvalue weighted by Crippen LogP contribution is -2.46. The summed E-state index contributed by atoms with van der Waals surface area (Å²) in [6.45, 7) is 5.65. The summed E-state index contributed by atoms with van der Waals surface area (Å²) in [5.74, 6) is -0.612. The van der Waals surface area contributed by atoms with E-state index in [1.807, 2.05) is 20.8 Å².